The lowest BCUT2D eigenvalue weighted by Crippen LogP contribution is -2.32. The average molecular weight is 830 g/mol. The largest absolute Gasteiger partial charge is 0.455 e. The van der Waals surface area contributed by atoms with Gasteiger partial charge in [-0.1, -0.05) is 188 Å². The summed E-state index contributed by atoms with van der Waals surface area (Å²) in [7, 11) is 0. The van der Waals surface area contributed by atoms with E-state index in [1.165, 1.54) is 83.3 Å². The molecule has 1 unspecified atom stereocenters. The summed E-state index contributed by atoms with van der Waals surface area (Å²) in [4.78, 5) is 2.38. The Morgan fingerprint density at radius 1 is 0.385 bits per heavy atom. The molecule has 0 bridgehead atoms. The fourth-order valence-electron chi connectivity index (χ4n) is 11.0. The molecule has 0 amide bonds. The van der Waals surface area contributed by atoms with Crippen LogP contribution < -0.4 is 9.64 Å². The van der Waals surface area contributed by atoms with Gasteiger partial charge in [0, 0.05) is 39.1 Å². The highest BCUT2D eigenvalue weighted by Crippen LogP contribution is 2.64. The molecule has 2 heteroatoms. The number of aryl methyl sites for hydroxylation is 1. The van der Waals surface area contributed by atoms with E-state index in [9.17, 15) is 0 Å². The van der Waals surface area contributed by atoms with E-state index in [0.29, 0.717) is 0 Å². The Bertz CT molecular complexity index is 3440. The first-order chi connectivity index (χ1) is 32.2. The maximum Gasteiger partial charge on any atom is 0.140 e. The van der Waals surface area contributed by atoms with Crippen LogP contribution in [0.25, 0.3) is 61.4 Å². The molecule has 10 aromatic rings. The van der Waals surface area contributed by atoms with Crippen LogP contribution >= 0.6 is 0 Å². The Labute approximate surface area is 380 Å². The Morgan fingerprint density at radius 3 is 1.74 bits per heavy atom. The molecule has 0 saturated carbocycles. The Balaban J connectivity index is 0.960. The summed E-state index contributed by atoms with van der Waals surface area (Å²) in [5, 5.41) is 2.32. The van der Waals surface area contributed by atoms with Gasteiger partial charge in [-0.15, -0.1) is 0 Å². The number of anilines is 3. The number of ether oxygens (including phenoxy) is 1. The predicted molar refractivity (Wildman–Crippen MR) is 270 cm³/mol. The molecule has 1 aliphatic heterocycles. The molecule has 0 saturated heterocycles. The van der Waals surface area contributed by atoms with Gasteiger partial charge in [0.15, 0.2) is 0 Å². The van der Waals surface area contributed by atoms with Crippen molar-refractivity contribution in [1.82, 2.24) is 0 Å². The van der Waals surface area contributed by atoms with E-state index in [2.05, 4.69) is 242 Å². The molecule has 0 N–H and O–H groups in total. The molecule has 65 heavy (non-hydrogen) atoms. The summed E-state index contributed by atoms with van der Waals surface area (Å²) < 4.78 is 7.20. The predicted octanol–water partition coefficient (Wildman–Crippen LogP) is 16.7. The highest BCUT2D eigenvalue weighted by atomic mass is 16.5. The summed E-state index contributed by atoms with van der Waals surface area (Å²) in [5.74, 6) is 1.94. The van der Waals surface area contributed by atoms with Gasteiger partial charge in [-0.3, -0.25) is 0 Å². The van der Waals surface area contributed by atoms with Gasteiger partial charge >= 0.3 is 0 Å². The molecular weight excluding hydrogens is 787 g/mol. The average Bonchev–Trinajstić information content (AvgIpc) is 3.67. The maximum atomic E-state index is 7.20. The Morgan fingerprint density at radius 2 is 0.969 bits per heavy atom. The molecule has 1 spiro atoms. The summed E-state index contributed by atoms with van der Waals surface area (Å²) in [6.07, 6.45) is 6.66. The van der Waals surface area contributed by atoms with E-state index in [4.69, 9.17) is 4.74 Å². The Hall–Kier alpha value is -8.20. The van der Waals surface area contributed by atoms with E-state index < -0.39 is 5.41 Å². The normalized spacial score (nSPS) is 15.1. The molecule has 0 fully saturated rings. The van der Waals surface area contributed by atoms with Crippen molar-refractivity contribution in [2.45, 2.75) is 18.3 Å². The van der Waals surface area contributed by atoms with Crippen molar-refractivity contribution in [3.63, 3.8) is 0 Å². The summed E-state index contributed by atoms with van der Waals surface area (Å²) in [5.41, 5.74) is 19.9. The van der Waals surface area contributed by atoms with Gasteiger partial charge in [0.2, 0.25) is 0 Å². The second-order valence-electron chi connectivity index (χ2n) is 17.5. The number of fused-ring (bicyclic) bond motifs is 13. The van der Waals surface area contributed by atoms with Crippen molar-refractivity contribution in [2.24, 2.45) is 0 Å². The maximum absolute atomic E-state index is 7.20. The number of rotatable bonds is 6. The van der Waals surface area contributed by atoms with Gasteiger partial charge in [-0.05, 0) is 128 Å². The van der Waals surface area contributed by atoms with Crippen LogP contribution in [0.3, 0.4) is 0 Å². The molecule has 10 aromatic carbocycles. The zero-order valence-electron chi connectivity index (χ0n) is 35.8. The number of benzene rings is 10. The third-order valence-corrected chi connectivity index (χ3v) is 14.0. The quantitative estimate of drug-likeness (QED) is 0.166. The fraction of sp³-hybridized carbons (Fsp3) is 0.0476. The van der Waals surface area contributed by atoms with Crippen molar-refractivity contribution in [3.8, 4) is 56.0 Å². The number of hydrogen-bond acceptors (Lipinski definition) is 2. The van der Waals surface area contributed by atoms with E-state index in [1.807, 2.05) is 0 Å². The minimum Gasteiger partial charge on any atom is -0.455 e. The van der Waals surface area contributed by atoms with Crippen LogP contribution in [0.2, 0.25) is 0 Å². The van der Waals surface area contributed by atoms with Crippen molar-refractivity contribution in [1.29, 1.82) is 0 Å². The third-order valence-electron chi connectivity index (χ3n) is 14.0. The van der Waals surface area contributed by atoms with Crippen LogP contribution in [0, 0.1) is 0 Å². The Kier molecular flexibility index (Phi) is 8.60. The summed E-state index contributed by atoms with van der Waals surface area (Å²) in [6.45, 7) is 0. The van der Waals surface area contributed by atoms with Gasteiger partial charge < -0.3 is 9.64 Å². The molecule has 2 aliphatic carbocycles. The van der Waals surface area contributed by atoms with Crippen molar-refractivity contribution >= 4 is 33.9 Å². The molecule has 3 aliphatic rings. The van der Waals surface area contributed by atoms with E-state index in [-0.39, 0.29) is 0 Å². The summed E-state index contributed by atoms with van der Waals surface area (Å²) in [6, 6.07) is 82.3. The monoisotopic (exact) mass is 829 g/mol. The second kappa shape index (κ2) is 15.0. The second-order valence-corrected chi connectivity index (χ2v) is 17.5. The first-order valence-corrected chi connectivity index (χ1v) is 22.7. The lowest BCUT2D eigenvalue weighted by atomic mass is 9.65. The van der Waals surface area contributed by atoms with Gasteiger partial charge in [0.05, 0.1) is 5.41 Å². The fourth-order valence-corrected chi connectivity index (χ4v) is 11.0. The van der Waals surface area contributed by atoms with E-state index in [0.717, 1.165) is 46.8 Å². The van der Waals surface area contributed by atoms with Crippen LogP contribution in [0.5, 0.6) is 11.5 Å². The zero-order valence-corrected chi connectivity index (χ0v) is 35.8. The van der Waals surface area contributed by atoms with Crippen LogP contribution in [0.4, 0.5) is 17.1 Å². The highest BCUT2D eigenvalue weighted by molar-refractivity contribution is 5.97. The van der Waals surface area contributed by atoms with Crippen molar-refractivity contribution in [2.75, 3.05) is 4.90 Å². The molecule has 2 nitrogen and oxygen atoms in total. The molecule has 0 radical (unpaired) electrons. The highest BCUT2D eigenvalue weighted by Gasteiger charge is 2.52. The minimum absolute atomic E-state index is 0.551. The number of allylic oxidation sites excluding steroid dienone is 1. The lowest BCUT2D eigenvalue weighted by molar-refractivity contribution is 0.439. The van der Waals surface area contributed by atoms with E-state index in [1.54, 1.807) is 0 Å². The first-order valence-electron chi connectivity index (χ1n) is 22.7. The molecule has 13 rings (SSSR count). The molecule has 306 valence electrons. The van der Waals surface area contributed by atoms with Crippen molar-refractivity contribution < 1.29 is 4.74 Å². The third kappa shape index (κ3) is 5.88. The number of hydrogen-bond donors (Lipinski definition) is 0. The van der Waals surface area contributed by atoms with Gasteiger partial charge in [0.25, 0.3) is 0 Å². The first kappa shape index (κ1) is 37.4. The van der Waals surface area contributed by atoms with Gasteiger partial charge in [0.1, 0.15) is 11.5 Å². The lowest BCUT2D eigenvalue weighted by Gasteiger charge is -2.41. The zero-order chi connectivity index (χ0) is 42.9. The molecular formula is C63H43NO. The number of nitrogens with zero attached hydrogens (tertiary/aromatic N) is 1. The van der Waals surface area contributed by atoms with Crippen LogP contribution in [0.1, 0.15) is 39.8 Å². The van der Waals surface area contributed by atoms with Crippen LogP contribution in [0.15, 0.2) is 231 Å². The molecule has 1 heterocycles. The van der Waals surface area contributed by atoms with Crippen LogP contribution in [-0.2, 0) is 11.8 Å². The molecule has 1 atom stereocenters. The van der Waals surface area contributed by atoms with E-state index >= 15 is 0 Å². The van der Waals surface area contributed by atoms with Crippen molar-refractivity contribution in [3.05, 3.63) is 264 Å². The molecule has 0 aromatic heterocycles. The minimum atomic E-state index is -0.551. The SMILES string of the molecule is C1=Cc2c(ccc3c2Oc2c(ccc4ccccc24)C32c3ccccc3-c3cc(-c4ccc(N(c5ccccc5)c5cc(-c6ccccc6)cc(-c6ccccc6)c5)cc4)ccc32)CC1. The topological polar surface area (TPSA) is 12.5 Å². The van der Waals surface area contributed by atoms with Gasteiger partial charge in [-0.25, -0.2) is 0 Å². The van der Waals surface area contributed by atoms with Gasteiger partial charge in [-0.2, -0.15) is 0 Å². The standard InChI is InChI=1S/C63H43NO/c1-4-16-42(17-5-1)48-38-49(43-18-6-2-7-19-43)40-52(39-48)64(50-22-8-3-9-23-50)51-33-28-44(29-34-51)47-32-35-58-56(41-47)55-26-14-15-27-57(55)63(58)59-36-30-45-20-10-12-24-53(45)61(59)65-62-54-25-13-11-21-46(54)31-37-60(62)63/h1-10,12-20,22-41H,11,21H2. The smallest absolute Gasteiger partial charge is 0.140 e. The summed E-state index contributed by atoms with van der Waals surface area (Å²) >= 11 is 0. The van der Waals surface area contributed by atoms with Crippen LogP contribution in [-0.4, -0.2) is 0 Å². The number of para-hydroxylation sites is 1.